The van der Waals surface area contributed by atoms with Crippen molar-refractivity contribution in [1.29, 1.82) is 0 Å². The summed E-state index contributed by atoms with van der Waals surface area (Å²) >= 11 is 3.32. The topological polar surface area (TPSA) is 67.4 Å². The van der Waals surface area contributed by atoms with Crippen LogP contribution in [-0.4, -0.2) is 34.7 Å². The van der Waals surface area contributed by atoms with Crippen LogP contribution in [0.1, 0.15) is 18.9 Å². The maximum Gasteiger partial charge on any atom is 0.241 e. The smallest absolute Gasteiger partial charge is 0.241 e. The molecule has 0 amide bonds. The minimum Gasteiger partial charge on any atom is -0.381 e. The van der Waals surface area contributed by atoms with Crippen LogP contribution in [0.3, 0.4) is 0 Å². The molecule has 7 heteroatoms. The molecular weight excluding hydrogens is 356 g/mol. The molecule has 0 radical (unpaired) electrons. The van der Waals surface area contributed by atoms with Crippen molar-refractivity contribution in [3.05, 3.63) is 28.2 Å². The lowest BCUT2D eigenvalue weighted by atomic mass is 10.1. The summed E-state index contributed by atoms with van der Waals surface area (Å²) in [5, 5.41) is 3.19. The summed E-state index contributed by atoms with van der Waals surface area (Å²) in [7, 11) is -3.51. The van der Waals surface area contributed by atoms with Gasteiger partial charge in [-0.25, -0.2) is 13.1 Å². The molecule has 1 unspecified atom stereocenters. The molecule has 0 aromatic heterocycles. The second-order valence-corrected chi connectivity index (χ2v) is 7.72. The molecule has 1 saturated heterocycles. The predicted molar refractivity (Wildman–Crippen MR) is 85.6 cm³/mol. The van der Waals surface area contributed by atoms with Gasteiger partial charge in [0.2, 0.25) is 10.0 Å². The Morgan fingerprint density at radius 1 is 1.43 bits per heavy atom. The first-order chi connectivity index (χ1) is 10.0. The summed E-state index contributed by atoms with van der Waals surface area (Å²) < 4.78 is 33.4. The minimum absolute atomic E-state index is 0.267. The van der Waals surface area contributed by atoms with E-state index < -0.39 is 10.0 Å². The van der Waals surface area contributed by atoms with E-state index >= 15 is 0 Å². The third-order valence-corrected chi connectivity index (χ3v) is 5.87. The molecule has 5 nitrogen and oxygen atoms in total. The van der Waals surface area contributed by atoms with Gasteiger partial charge in [0.05, 0.1) is 11.5 Å². The van der Waals surface area contributed by atoms with E-state index in [4.69, 9.17) is 4.74 Å². The number of rotatable bonds is 7. The molecule has 1 fully saturated rings. The molecule has 1 aromatic carbocycles. The zero-order chi connectivity index (χ0) is 15.3. The van der Waals surface area contributed by atoms with Crippen LogP contribution in [0.4, 0.5) is 0 Å². The highest BCUT2D eigenvalue weighted by Crippen LogP contribution is 2.23. The number of hydrogen-bond acceptors (Lipinski definition) is 4. The normalized spacial score (nSPS) is 19.0. The first-order valence-corrected chi connectivity index (χ1v) is 9.37. The second-order valence-electron chi connectivity index (χ2n) is 5.13. The lowest BCUT2D eigenvalue weighted by Crippen LogP contribution is -2.30. The Hall–Kier alpha value is -0.470. The highest BCUT2D eigenvalue weighted by atomic mass is 79.9. The first kappa shape index (κ1) is 16.9. The highest BCUT2D eigenvalue weighted by Gasteiger charge is 2.22. The molecule has 118 valence electrons. The molecule has 2 rings (SSSR count). The van der Waals surface area contributed by atoms with E-state index in [-0.39, 0.29) is 10.8 Å². The molecule has 2 N–H and O–H groups in total. The molecule has 1 aliphatic rings. The molecule has 21 heavy (non-hydrogen) atoms. The maximum atomic E-state index is 12.4. The molecule has 0 saturated carbocycles. The molecule has 1 atom stereocenters. The lowest BCUT2D eigenvalue weighted by molar-refractivity contribution is 0.186. The van der Waals surface area contributed by atoms with E-state index in [9.17, 15) is 8.42 Å². The van der Waals surface area contributed by atoms with Crippen LogP contribution in [0.15, 0.2) is 27.6 Å². The summed E-state index contributed by atoms with van der Waals surface area (Å²) in [6, 6.07) is 5.40. The predicted octanol–water partition coefficient (Wildman–Crippen LogP) is 1.87. The van der Waals surface area contributed by atoms with E-state index in [0.717, 1.165) is 18.5 Å². The third kappa shape index (κ3) is 4.75. The van der Waals surface area contributed by atoms with Gasteiger partial charge in [-0.15, -0.1) is 0 Å². The van der Waals surface area contributed by atoms with Gasteiger partial charge in [0, 0.05) is 24.2 Å². The quantitative estimate of drug-likeness (QED) is 0.762. The summed E-state index contributed by atoms with van der Waals surface area (Å²) in [5.41, 5.74) is 0.949. The fraction of sp³-hybridized carbons (Fsp3) is 0.571. The van der Waals surface area contributed by atoms with Crippen molar-refractivity contribution in [2.45, 2.75) is 24.8 Å². The number of benzene rings is 1. The van der Waals surface area contributed by atoms with E-state index in [1.54, 1.807) is 12.1 Å². The van der Waals surface area contributed by atoms with Gasteiger partial charge < -0.3 is 10.1 Å². The number of ether oxygens (including phenoxy) is 1. The largest absolute Gasteiger partial charge is 0.381 e. The summed E-state index contributed by atoms with van der Waals surface area (Å²) in [6.45, 7) is 5.28. The summed E-state index contributed by atoms with van der Waals surface area (Å²) in [6.07, 6.45) is 0.907. The van der Waals surface area contributed by atoms with Gasteiger partial charge in [0.15, 0.2) is 0 Å². The Kier molecular flexibility index (Phi) is 6.19. The summed E-state index contributed by atoms with van der Waals surface area (Å²) in [4.78, 5) is 0.289. The Morgan fingerprint density at radius 3 is 2.90 bits per heavy atom. The van der Waals surface area contributed by atoms with Crippen LogP contribution >= 0.6 is 15.9 Å². The zero-order valence-electron chi connectivity index (χ0n) is 12.1. The van der Waals surface area contributed by atoms with Gasteiger partial charge >= 0.3 is 0 Å². The number of halogens is 1. The Morgan fingerprint density at radius 2 is 2.24 bits per heavy atom. The lowest BCUT2D eigenvalue weighted by Gasteiger charge is -2.13. The molecule has 0 aliphatic carbocycles. The molecule has 1 aliphatic heterocycles. The van der Waals surface area contributed by atoms with Crippen molar-refractivity contribution in [2.24, 2.45) is 5.92 Å². The fourth-order valence-corrected chi connectivity index (χ4v) is 4.31. The summed E-state index contributed by atoms with van der Waals surface area (Å²) in [5.74, 6) is 0.267. The van der Waals surface area contributed by atoms with Crippen LogP contribution in [-0.2, 0) is 21.3 Å². The van der Waals surface area contributed by atoms with Crippen molar-refractivity contribution >= 4 is 26.0 Å². The average Bonchev–Trinajstić information content (AvgIpc) is 2.97. The van der Waals surface area contributed by atoms with E-state index in [1.165, 1.54) is 0 Å². The van der Waals surface area contributed by atoms with Crippen molar-refractivity contribution in [3.63, 3.8) is 0 Å². The maximum absolute atomic E-state index is 12.4. The van der Waals surface area contributed by atoms with Crippen LogP contribution in [0, 0.1) is 5.92 Å². The highest BCUT2D eigenvalue weighted by molar-refractivity contribution is 9.10. The van der Waals surface area contributed by atoms with Gasteiger partial charge in [-0.05, 0) is 52.5 Å². The fourth-order valence-electron chi connectivity index (χ4n) is 2.18. The van der Waals surface area contributed by atoms with Gasteiger partial charge in [-0.1, -0.05) is 13.0 Å². The number of sulfonamides is 1. The van der Waals surface area contributed by atoms with E-state index in [1.807, 2.05) is 13.0 Å². The van der Waals surface area contributed by atoms with Crippen molar-refractivity contribution in [3.8, 4) is 0 Å². The van der Waals surface area contributed by atoms with Gasteiger partial charge in [0.1, 0.15) is 0 Å². The van der Waals surface area contributed by atoms with Crippen LogP contribution in [0.2, 0.25) is 0 Å². The number of hydrogen-bond donors (Lipinski definition) is 2. The molecule has 0 bridgehead atoms. The first-order valence-electron chi connectivity index (χ1n) is 7.09. The standard InChI is InChI=1S/C14H21BrN2O3S/c1-2-16-8-11-3-4-13(15)14(7-11)21(18,19)17-9-12-5-6-20-10-12/h3-4,7,12,16-17H,2,5-6,8-10H2,1H3. The Labute approximate surface area is 134 Å². The third-order valence-electron chi connectivity index (χ3n) is 3.45. The average molecular weight is 377 g/mol. The molecule has 1 aromatic rings. The van der Waals surface area contributed by atoms with Crippen molar-refractivity contribution in [2.75, 3.05) is 26.3 Å². The SMILES string of the molecule is CCNCc1ccc(Br)c(S(=O)(=O)NCC2CCOC2)c1. The van der Waals surface area contributed by atoms with Gasteiger partial charge in [-0.2, -0.15) is 0 Å². The Balaban J connectivity index is 2.09. The van der Waals surface area contributed by atoms with E-state index in [2.05, 4.69) is 26.0 Å². The van der Waals surface area contributed by atoms with Crippen LogP contribution < -0.4 is 10.0 Å². The van der Waals surface area contributed by atoms with Gasteiger partial charge in [-0.3, -0.25) is 0 Å². The second kappa shape index (κ2) is 7.69. The zero-order valence-corrected chi connectivity index (χ0v) is 14.5. The minimum atomic E-state index is -3.51. The number of nitrogens with one attached hydrogen (secondary N) is 2. The van der Waals surface area contributed by atoms with E-state index in [0.29, 0.717) is 30.8 Å². The molecular formula is C14H21BrN2O3S. The van der Waals surface area contributed by atoms with Crippen LogP contribution in [0.25, 0.3) is 0 Å². The van der Waals surface area contributed by atoms with Crippen molar-refractivity contribution in [1.82, 2.24) is 10.0 Å². The molecule has 0 spiro atoms. The monoisotopic (exact) mass is 376 g/mol. The molecule has 1 heterocycles. The van der Waals surface area contributed by atoms with Crippen LogP contribution in [0.5, 0.6) is 0 Å². The van der Waals surface area contributed by atoms with Gasteiger partial charge in [0.25, 0.3) is 0 Å². The Bertz CT molecular complexity index is 572. The van der Waals surface area contributed by atoms with Crippen molar-refractivity contribution < 1.29 is 13.2 Å².